The van der Waals surface area contributed by atoms with Crippen molar-refractivity contribution < 1.29 is 5.11 Å². The lowest BCUT2D eigenvalue weighted by Gasteiger charge is -2.36. The average Bonchev–Trinajstić information content (AvgIpc) is 2.77. The van der Waals surface area contributed by atoms with Crippen LogP contribution < -0.4 is 5.73 Å². The molecule has 0 aromatic carbocycles. The first-order valence-electron chi connectivity index (χ1n) is 5.86. The smallest absolute Gasteiger partial charge is 0.122 e. The zero-order valence-corrected chi connectivity index (χ0v) is 9.71. The van der Waals surface area contributed by atoms with Gasteiger partial charge in [0.1, 0.15) is 5.82 Å². The predicted molar refractivity (Wildman–Crippen MR) is 61.8 cm³/mol. The summed E-state index contributed by atoms with van der Waals surface area (Å²) in [5.41, 5.74) is 6.02. The SMILES string of the molecule is CCC(N)C(CO)N1CCn2ccnc2C1. The van der Waals surface area contributed by atoms with Crippen LogP contribution in [0.2, 0.25) is 0 Å². The van der Waals surface area contributed by atoms with Crippen LogP contribution in [0.5, 0.6) is 0 Å². The van der Waals surface area contributed by atoms with E-state index in [1.54, 1.807) is 0 Å². The van der Waals surface area contributed by atoms with Crippen LogP contribution in [0, 0.1) is 0 Å². The van der Waals surface area contributed by atoms with Crippen molar-refractivity contribution in [3.63, 3.8) is 0 Å². The molecule has 0 amide bonds. The molecule has 2 unspecified atom stereocenters. The summed E-state index contributed by atoms with van der Waals surface area (Å²) in [4.78, 5) is 6.54. The summed E-state index contributed by atoms with van der Waals surface area (Å²) in [5, 5.41) is 9.43. The second-order valence-electron chi connectivity index (χ2n) is 4.33. The van der Waals surface area contributed by atoms with Crippen molar-refractivity contribution in [2.75, 3.05) is 13.2 Å². The first-order valence-corrected chi connectivity index (χ1v) is 5.86. The number of hydrogen-bond acceptors (Lipinski definition) is 4. The molecule has 2 rings (SSSR count). The van der Waals surface area contributed by atoms with Gasteiger partial charge in [0.05, 0.1) is 13.2 Å². The average molecular weight is 224 g/mol. The van der Waals surface area contributed by atoms with Gasteiger partial charge in [0.15, 0.2) is 0 Å². The first kappa shape index (κ1) is 11.6. The Bertz CT molecular complexity index is 338. The molecule has 0 radical (unpaired) electrons. The van der Waals surface area contributed by atoms with Crippen molar-refractivity contribution in [3.05, 3.63) is 18.2 Å². The van der Waals surface area contributed by atoms with E-state index in [2.05, 4.69) is 21.4 Å². The van der Waals surface area contributed by atoms with E-state index in [-0.39, 0.29) is 18.7 Å². The summed E-state index contributed by atoms with van der Waals surface area (Å²) in [5.74, 6) is 1.06. The highest BCUT2D eigenvalue weighted by Crippen LogP contribution is 2.15. The Morgan fingerprint density at radius 3 is 3.06 bits per heavy atom. The standard InChI is InChI=1S/C11H20N4O/c1-2-9(12)10(8-16)15-6-5-14-4-3-13-11(14)7-15/h3-4,9-10,16H,2,5-8,12H2,1H3. The topological polar surface area (TPSA) is 67.3 Å². The fourth-order valence-corrected chi connectivity index (χ4v) is 2.27. The van der Waals surface area contributed by atoms with Gasteiger partial charge >= 0.3 is 0 Å². The molecular formula is C11H20N4O. The van der Waals surface area contributed by atoms with Crippen molar-refractivity contribution in [2.24, 2.45) is 5.73 Å². The largest absolute Gasteiger partial charge is 0.395 e. The van der Waals surface area contributed by atoms with Gasteiger partial charge in [-0.3, -0.25) is 4.90 Å². The maximum Gasteiger partial charge on any atom is 0.122 e. The number of aromatic nitrogens is 2. The number of nitrogens with zero attached hydrogens (tertiary/aromatic N) is 3. The normalized spacial score (nSPS) is 20.4. The number of fused-ring (bicyclic) bond motifs is 1. The Hall–Kier alpha value is -0.910. The molecule has 16 heavy (non-hydrogen) atoms. The van der Waals surface area contributed by atoms with Gasteiger partial charge in [-0.05, 0) is 6.42 Å². The number of aliphatic hydroxyl groups excluding tert-OH is 1. The van der Waals surface area contributed by atoms with Gasteiger partial charge in [-0.15, -0.1) is 0 Å². The summed E-state index contributed by atoms with van der Waals surface area (Å²) in [6.45, 7) is 4.82. The van der Waals surface area contributed by atoms with Crippen LogP contribution in [-0.4, -0.2) is 44.8 Å². The zero-order valence-electron chi connectivity index (χ0n) is 9.71. The molecule has 1 aromatic rings. The fraction of sp³-hybridized carbons (Fsp3) is 0.727. The molecule has 5 heteroatoms. The molecule has 3 N–H and O–H groups in total. The Morgan fingerprint density at radius 1 is 1.56 bits per heavy atom. The van der Waals surface area contributed by atoms with E-state index in [4.69, 9.17) is 5.73 Å². The van der Waals surface area contributed by atoms with Crippen molar-refractivity contribution in [2.45, 2.75) is 38.5 Å². The van der Waals surface area contributed by atoms with Crippen LogP contribution in [0.4, 0.5) is 0 Å². The van der Waals surface area contributed by atoms with Crippen molar-refractivity contribution >= 4 is 0 Å². The monoisotopic (exact) mass is 224 g/mol. The minimum absolute atomic E-state index is 0.0338. The second kappa shape index (κ2) is 4.95. The van der Waals surface area contributed by atoms with Crippen LogP contribution >= 0.6 is 0 Å². The second-order valence-corrected chi connectivity index (χ2v) is 4.33. The lowest BCUT2D eigenvalue weighted by Crippen LogP contribution is -2.52. The van der Waals surface area contributed by atoms with Crippen molar-refractivity contribution in [3.8, 4) is 0 Å². The van der Waals surface area contributed by atoms with E-state index in [1.165, 1.54) is 0 Å². The lowest BCUT2D eigenvalue weighted by molar-refractivity contribution is 0.0787. The number of rotatable bonds is 4. The minimum Gasteiger partial charge on any atom is -0.395 e. The van der Waals surface area contributed by atoms with Crippen molar-refractivity contribution in [1.82, 2.24) is 14.5 Å². The van der Waals surface area contributed by atoms with E-state index in [9.17, 15) is 5.11 Å². The summed E-state index contributed by atoms with van der Waals surface area (Å²) in [6, 6.07) is 0.0852. The van der Waals surface area contributed by atoms with E-state index >= 15 is 0 Å². The summed E-state index contributed by atoms with van der Waals surface area (Å²) >= 11 is 0. The Labute approximate surface area is 95.9 Å². The molecule has 0 fully saturated rings. The molecule has 0 saturated carbocycles. The number of hydrogen-bond donors (Lipinski definition) is 2. The molecule has 1 aromatic heterocycles. The molecule has 2 atom stereocenters. The Balaban J connectivity index is 2.06. The van der Waals surface area contributed by atoms with Crippen LogP contribution in [-0.2, 0) is 13.1 Å². The Kier molecular flexibility index (Phi) is 3.58. The maximum atomic E-state index is 9.43. The van der Waals surface area contributed by atoms with E-state index in [0.29, 0.717) is 0 Å². The van der Waals surface area contributed by atoms with Gasteiger partial charge < -0.3 is 15.4 Å². The van der Waals surface area contributed by atoms with Gasteiger partial charge in [0.2, 0.25) is 0 Å². The number of nitrogens with two attached hydrogens (primary N) is 1. The predicted octanol–water partition coefficient (Wildman–Crippen LogP) is -0.203. The highest BCUT2D eigenvalue weighted by Gasteiger charge is 2.26. The molecule has 0 bridgehead atoms. The van der Waals surface area contributed by atoms with Gasteiger partial charge in [0, 0.05) is 37.6 Å². The molecule has 5 nitrogen and oxygen atoms in total. The number of imidazole rings is 1. The van der Waals surface area contributed by atoms with Crippen LogP contribution in [0.15, 0.2) is 12.4 Å². The Morgan fingerprint density at radius 2 is 2.38 bits per heavy atom. The third-order valence-electron chi connectivity index (χ3n) is 3.40. The van der Waals surface area contributed by atoms with Gasteiger partial charge in [-0.1, -0.05) is 6.92 Å². The first-order chi connectivity index (χ1) is 7.76. The molecular weight excluding hydrogens is 204 g/mol. The van der Waals surface area contributed by atoms with Crippen LogP contribution in [0.3, 0.4) is 0 Å². The van der Waals surface area contributed by atoms with Gasteiger partial charge in [-0.2, -0.15) is 0 Å². The molecule has 1 aliphatic heterocycles. The third kappa shape index (κ3) is 2.11. The van der Waals surface area contributed by atoms with Gasteiger partial charge in [0.25, 0.3) is 0 Å². The van der Waals surface area contributed by atoms with E-state index in [1.807, 2.05) is 12.4 Å². The fourth-order valence-electron chi connectivity index (χ4n) is 2.27. The molecule has 90 valence electrons. The molecule has 0 spiro atoms. The summed E-state index contributed by atoms with van der Waals surface area (Å²) in [7, 11) is 0. The number of aliphatic hydroxyl groups is 1. The molecule has 2 heterocycles. The van der Waals surface area contributed by atoms with Crippen LogP contribution in [0.25, 0.3) is 0 Å². The summed E-state index contributed by atoms with van der Waals surface area (Å²) < 4.78 is 2.16. The quantitative estimate of drug-likeness (QED) is 0.743. The van der Waals surface area contributed by atoms with E-state index < -0.39 is 0 Å². The highest BCUT2D eigenvalue weighted by atomic mass is 16.3. The molecule has 0 saturated heterocycles. The van der Waals surface area contributed by atoms with Crippen molar-refractivity contribution in [1.29, 1.82) is 0 Å². The molecule has 0 aliphatic carbocycles. The van der Waals surface area contributed by atoms with Crippen LogP contribution in [0.1, 0.15) is 19.2 Å². The highest BCUT2D eigenvalue weighted by molar-refractivity contribution is 4.97. The third-order valence-corrected chi connectivity index (χ3v) is 3.40. The lowest BCUT2D eigenvalue weighted by atomic mass is 10.1. The van der Waals surface area contributed by atoms with E-state index in [0.717, 1.165) is 31.9 Å². The minimum atomic E-state index is 0.0338. The molecule has 1 aliphatic rings. The van der Waals surface area contributed by atoms with Gasteiger partial charge in [-0.25, -0.2) is 4.98 Å². The zero-order chi connectivity index (χ0) is 11.5. The maximum absolute atomic E-state index is 9.43. The summed E-state index contributed by atoms with van der Waals surface area (Å²) in [6.07, 6.45) is 4.71.